The molecule has 3 unspecified atom stereocenters. The Labute approximate surface area is 281 Å². The number of nitrogens with two attached hydrogens (primary N) is 1. The van der Waals surface area contributed by atoms with E-state index in [-0.39, 0.29) is 43.7 Å². The Hall–Kier alpha value is -4.12. The second kappa shape index (κ2) is 19.0. The van der Waals surface area contributed by atoms with Gasteiger partial charge in [0.2, 0.25) is 41.4 Å². The van der Waals surface area contributed by atoms with E-state index in [0.29, 0.717) is 19.3 Å². The van der Waals surface area contributed by atoms with E-state index in [1.165, 1.54) is 11.8 Å². The molecule has 1 rings (SSSR count). The highest BCUT2D eigenvalue weighted by atomic mass is 16.5. The third-order valence-corrected chi connectivity index (χ3v) is 7.74. The van der Waals surface area contributed by atoms with Crippen molar-refractivity contribution < 1.29 is 48.2 Å². The normalized spacial score (nSPS) is 16.0. The number of carbonyl (C=O) groups is 8. The maximum Gasteiger partial charge on any atom is 0.245 e. The number of primary amides is 1. The maximum atomic E-state index is 13.0. The molecule has 0 aromatic heterocycles. The number of aliphatic hydroxyl groups excluding tert-OH is 1. The SMILES string of the molecule is CC(C)C(=O)CC(C)(C)OCCC(C)(C)C(=O)NCC(=O)N1CCCC1C(=O)NCC(=O)NC(C(=O)NCC(=O)NCC(N)=O)C(C)O. The van der Waals surface area contributed by atoms with Gasteiger partial charge in [-0.2, -0.15) is 0 Å². The molecule has 48 heavy (non-hydrogen) atoms. The summed E-state index contributed by atoms with van der Waals surface area (Å²) in [5.74, 6) is -4.67. The van der Waals surface area contributed by atoms with Crippen LogP contribution in [-0.2, 0) is 43.1 Å². The third-order valence-electron chi connectivity index (χ3n) is 7.74. The van der Waals surface area contributed by atoms with E-state index in [9.17, 15) is 43.5 Å². The van der Waals surface area contributed by atoms with Gasteiger partial charge in [0.15, 0.2) is 0 Å². The van der Waals surface area contributed by atoms with Crippen molar-refractivity contribution in [1.82, 2.24) is 31.5 Å². The van der Waals surface area contributed by atoms with Gasteiger partial charge in [-0.3, -0.25) is 38.4 Å². The maximum absolute atomic E-state index is 13.0. The molecule has 17 heteroatoms. The molecule has 0 spiro atoms. The van der Waals surface area contributed by atoms with E-state index in [0.717, 1.165) is 0 Å². The number of hydrogen-bond donors (Lipinski definition) is 7. The Balaban J connectivity index is 2.59. The van der Waals surface area contributed by atoms with Crippen LogP contribution in [0, 0.1) is 11.3 Å². The van der Waals surface area contributed by atoms with Crippen LogP contribution < -0.4 is 32.3 Å². The van der Waals surface area contributed by atoms with Gasteiger partial charge in [-0.1, -0.05) is 27.7 Å². The monoisotopic (exact) mass is 683 g/mol. The van der Waals surface area contributed by atoms with Crippen molar-refractivity contribution in [3.63, 3.8) is 0 Å². The van der Waals surface area contributed by atoms with Crippen molar-refractivity contribution in [3.8, 4) is 0 Å². The predicted octanol–water partition coefficient (Wildman–Crippen LogP) is -2.38. The molecule has 0 saturated carbocycles. The first-order chi connectivity index (χ1) is 22.2. The minimum absolute atomic E-state index is 0.0853. The fraction of sp³-hybridized carbons (Fsp3) is 0.742. The molecule has 0 aliphatic carbocycles. The van der Waals surface area contributed by atoms with Crippen molar-refractivity contribution in [2.75, 3.05) is 39.3 Å². The molecule has 17 nitrogen and oxygen atoms in total. The first-order valence-electron chi connectivity index (χ1n) is 16.0. The molecule has 1 aliphatic heterocycles. The number of rotatable bonds is 20. The molecule has 1 fully saturated rings. The fourth-order valence-electron chi connectivity index (χ4n) is 4.65. The van der Waals surface area contributed by atoms with Gasteiger partial charge < -0.3 is 47.1 Å². The second-order valence-corrected chi connectivity index (χ2v) is 13.4. The van der Waals surface area contributed by atoms with Gasteiger partial charge in [0.05, 0.1) is 37.9 Å². The zero-order chi connectivity index (χ0) is 36.8. The molecule has 8 N–H and O–H groups in total. The lowest BCUT2D eigenvalue weighted by atomic mass is 9.88. The molecule has 1 saturated heterocycles. The van der Waals surface area contributed by atoms with E-state index >= 15 is 0 Å². The van der Waals surface area contributed by atoms with E-state index in [4.69, 9.17) is 10.5 Å². The summed E-state index contributed by atoms with van der Waals surface area (Å²) in [6.45, 7) is 10.6. The number of hydrogen-bond acceptors (Lipinski definition) is 10. The molecular formula is C31H53N7O10. The lowest BCUT2D eigenvalue weighted by molar-refractivity contribution is -0.140. The molecule has 0 aromatic rings. The van der Waals surface area contributed by atoms with Crippen LogP contribution in [0.3, 0.4) is 0 Å². The number of ether oxygens (including phenoxy) is 1. The van der Waals surface area contributed by atoms with Gasteiger partial charge in [-0.05, 0) is 40.0 Å². The Morgan fingerprint density at radius 1 is 0.875 bits per heavy atom. The average molecular weight is 684 g/mol. The Bertz CT molecular complexity index is 1200. The van der Waals surface area contributed by atoms with Crippen LogP contribution in [0.5, 0.6) is 0 Å². The summed E-state index contributed by atoms with van der Waals surface area (Å²) in [6.07, 6.45) is 0.0958. The van der Waals surface area contributed by atoms with Crippen LogP contribution in [0.25, 0.3) is 0 Å². The number of aliphatic hydroxyl groups is 1. The molecule has 1 aliphatic rings. The van der Waals surface area contributed by atoms with Crippen LogP contribution in [0.1, 0.15) is 74.1 Å². The first-order valence-corrected chi connectivity index (χ1v) is 16.0. The van der Waals surface area contributed by atoms with E-state index in [2.05, 4.69) is 26.6 Å². The summed E-state index contributed by atoms with van der Waals surface area (Å²) in [7, 11) is 0. The van der Waals surface area contributed by atoms with E-state index in [1.54, 1.807) is 13.8 Å². The number of likely N-dealkylation sites (tertiary alicyclic amines) is 1. The van der Waals surface area contributed by atoms with Gasteiger partial charge in [-0.15, -0.1) is 0 Å². The minimum atomic E-state index is -1.46. The largest absolute Gasteiger partial charge is 0.391 e. The van der Waals surface area contributed by atoms with Gasteiger partial charge in [0, 0.05) is 30.9 Å². The number of ketones is 1. The summed E-state index contributed by atoms with van der Waals surface area (Å²) in [6, 6.07) is -2.34. The van der Waals surface area contributed by atoms with Crippen molar-refractivity contribution >= 4 is 47.1 Å². The van der Waals surface area contributed by atoms with Crippen molar-refractivity contribution in [2.45, 2.75) is 97.9 Å². The summed E-state index contributed by atoms with van der Waals surface area (Å²) < 4.78 is 5.89. The van der Waals surface area contributed by atoms with Gasteiger partial charge >= 0.3 is 0 Å². The van der Waals surface area contributed by atoms with Crippen LogP contribution in [0.4, 0.5) is 0 Å². The number of amides is 7. The number of Topliss-reactive ketones (excluding diaryl/α,β-unsaturated/α-hetero) is 1. The molecule has 0 radical (unpaired) electrons. The highest BCUT2D eigenvalue weighted by molar-refractivity contribution is 5.95. The standard InChI is InChI=1S/C31H53N7O10/c1-18(2)21(40)13-31(6,7)48-12-10-30(4,5)29(47)36-17-25(44)38-11-8-9-20(38)27(45)34-16-24(43)37-26(19(3)39)28(46)35-15-23(42)33-14-22(32)41/h18-20,26,39H,8-17H2,1-7H3,(H2,32,41)(H,33,42)(H,34,45)(H,35,46)(H,36,47)(H,37,43). The van der Waals surface area contributed by atoms with Crippen molar-refractivity contribution in [3.05, 3.63) is 0 Å². The zero-order valence-corrected chi connectivity index (χ0v) is 29.0. The molecule has 272 valence electrons. The van der Waals surface area contributed by atoms with Crippen LogP contribution in [0.15, 0.2) is 0 Å². The van der Waals surface area contributed by atoms with E-state index in [1.807, 2.05) is 27.7 Å². The van der Waals surface area contributed by atoms with Crippen LogP contribution in [-0.4, -0.2) is 120 Å². The van der Waals surface area contributed by atoms with Crippen molar-refractivity contribution in [1.29, 1.82) is 0 Å². The van der Waals surface area contributed by atoms with Crippen molar-refractivity contribution in [2.24, 2.45) is 17.1 Å². The number of nitrogens with zero attached hydrogens (tertiary/aromatic N) is 1. The molecule has 3 atom stereocenters. The van der Waals surface area contributed by atoms with Crippen LogP contribution in [0.2, 0.25) is 0 Å². The Kier molecular flexibility index (Phi) is 16.6. The molecule has 7 amide bonds. The van der Waals surface area contributed by atoms with E-state index < -0.39 is 84.3 Å². The molecule has 0 bridgehead atoms. The van der Waals surface area contributed by atoms with Gasteiger partial charge in [0.25, 0.3) is 0 Å². The predicted molar refractivity (Wildman–Crippen MR) is 172 cm³/mol. The highest BCUT2D eigenvalue weighted by Crippen LogP contribution is 2.24. The number of nitrogens with one attached hydrogen (secondary N) is 5. The summed E-state index contributed by atoms with van der Waals surface area (Å²) in [5.41, 5.74) is 3.37. The molecular weight excluding hydrogens is 630 g/mol. The van der Waals surface area contributed by atoms with Crippen LogP contribution >= 0.6 is 0 Å². The fourth-order valence-corrected chi connectivity index (χ4v) is 4.65. The lowest BCUT2D eigenvalue weighted by Crippen LogP contribution is -2.56. The quantitative estimate of drug-likeness (QED) is 0.0717. The Morgan fingerprint density at radius 3 is 2.08 bits per heavy atom. The van der Waals surface area contributed by atoms with Gasteiger partial charge in [-0.25, -0.2) is 0 Å². The zero-order valence-electron chi connectivity index (χ0n) is 29.0. The summed E-state index contributed by atoms with van der Waals surface area (Å²) in [5, 5.41) is 21.7. The topological polar surface area (TPSA) is 255 Å². The first kappa shape index (κ1) is 41.9. The minimum Gasteiger partial charge on any atom is -0.391 e. The second-order valence-electron chi connectivity index (χ2n) is 13.4. The average Bonchev–Trinajstić information content (AvgIpc) is 3.48. The summed E-state index contributed by atoms with van der Waals surface area (Å²) >= 11 is 0. The highest BCUT2D eigenvalue weighted by Gasteiger charge is 2.36. The third kappa shape index (κ3) is 14.8. The molecule has 1 heterocycles. The Morgan fingerprint density at radius 2 is 1.50 bits per heavy atom. The number of carbonyl (C=O) groups excluding carboxylic acids is 8. The van der Waals surface area contributed by atoms with Gasteiger partial charge in [0.1, 0.15) is 17.9 Å². The molecule has 0 aromatic carbocycles. The lowest BCUT2D eigenvalue weighted by Gasteiger charge is -2.29. The smallest absolute Gasteiger partial charge is 0.245 e. The summed E-state index contributed by atoms with van der Waals surface area (Å²) in [4.78, 5) is 99.5.